The molecule has 3 rings (SSSR count). The molecule has 1 heterocycles. The summed E-state index contributed by atoms with van der Waals surface area (Å²) in [5.74, 6) is 0. The molecule has 18 nitrogen and oxygen atoms in total. The second-order valence-electron chi connectivity index (χ2n) is 6.16. The van der Waals surface area contributed by atoms with Crippen LogP contribution in [0.15, 0.2) is 29.3 Å². The third-order valence-electron chi connectivity index (χ3n) is 4.37. The Bertz CT molecular complexity index is 1320. The third kappa shape index (κ3) is 3.76. The van der Waals surface area contributed by atoms with E-state index >= 15 is 0 Å². The average molecular weight is 483 g/mol. The molecule has 0 saturated carbocycles. The molecule has 0 aliphatic carbocycles. The van der Waals surface area contributed by atoms with Crippen molar-refractivity contribution in [3.63, 3.8) is 0 Å². The smallest absolute Gasteiger partial charge is 0.258 e. The van der Waals surface area contributed by atoms with Crippen molar-refractivity contribution in [1.82, 2.24) is 0 Å². The van der Waals surface area contributed by atoms with Gasteiger partial charge < -0.3 is 0 Å². The largest absolute Gasteiger partial charge is 0.340 e. The van der Waals surface area contributed by atoms with E-state index in [1.54, 1.807) is 0 Å². The van der Waals surface area contributed by atoms with Crippen molar-refractivity contribution in [3.8, 4) is 0 Å². The summed E-state index contributed by atoms with van der Waals surface area (Å²) in [4.78, 5) is 67.4. The van der Waals surface area contributed by atoms with Crippen LogP contribution in [0.2, 0.25) is 0 Å². The monoisotopic (exact) mass is 482 g/mol. The van der Waals surface area contributed by atoms with Crippen LogP contribution in [0.4, 0.5) is 34.1 Å². The van der Waals surface area contributed by atoms with Gasteiger partial charge in [0.05, 0.1) is 53.6 Å². The minimum absolute atomic E-state index is 0.275. The van der Waals surface area contributed by atoms with Crippen molar-refractivity contribution >= 4 is 50.9 Å². The Hall–Kier alpha value is -5.00. The van der Waals surface area contributed by atoms with Gasteiger partial charge in [0.15, 0.2) is 10.7 Å². The normalized spacial score (nSPS) is 14.8. The second-order valence-corrected chi connectivity index (χ2v) is 6.52. The van der Waals surface area contributed by atoms with E-state index in [9.17, 15) is 55.5 Å². The Morgan fingerprint density at radius 3 is 1.58 bits per heavy atom. The van der Waals surface area contributed by atoms with Crippen molar-refractivity contribution in [2.45, 2.75) is 6.17 Å². The molecular formula is C14H5ClN7O11+. The Kier molecular flexibility index (Phi) is 5.44. The van der Waals surface area contributed by atoms with E-state index in [4.69, 9.17) is 11.6 Å². The van der Waals surface area contributed by atoms with E-state index in [0.717, 1.165) is 0 Å². The number of non-ortho nitro benzene ring substituents is 2. The van der Waals surface area contributed by atoms with E-state index in [0.29, 0.717) is 24.3 Å². The Labute approximate surface area is 183 Å². The summed E-state index contributed by atoms with van der Waals surface area (Å²) in [5, 5.41) is 55.8. The van der Waals surface area contributed by atoms with Gasteiger partial charge in [-0.15, -0.1) is 0 Å². The van der Waals surface area contributed by atoms with Gasteiger partial charge in [0.25, 0.3) is 34.1 Å². The van der Waals surface area contributed by atoms with Crippen LogP contribution in [0, 0.1) is 55.5 Å². The van der Waals surface area contributed by atoms with E-state index in [1.807, 2.05) is 0 Å². The number of benzene rings is 2. The highest BCUT2D eigenvalue weighted by Crippen LogP contribution is 2.46. The Balaban J connectivity index is 2.39. The number of rotatable bonds is 6. The maximum absolute atomic E-state index is 13.0. The molecule has 0 bridgehead atoms. The highest BCUT2D eigenvalue weighted by atomic mass is 35.5. The van der Waals surface area contributed by atoms with Gasteiger partial charge in [-0.2, -0.15) is 4.99 Å². The summed E-state index contributed by atoms with van der Waals surface area (Å²) in [6.07, 6.45) is -2.23. The molecule has 0 spiro atoms. The lowest BCUT2D eigenvalue weighted by Crippen LogP contribution is -2.21. The highest BCUT2D eigenvalue weighted by molar-refractivity contribution is 6.70. The van der Waals surface area contributed by atoms with Crippen molar-refractivity contribution in [1.29, 1.82) is 0 Å². The number of nitroso groups, excluding NO2 is 1. The Morgan fingerprint density at radius 1 is 0.727 bits per heavy atom. The molecule has 168 valence electrons. The molecule has 0 amide bonds. The fourth-order valence-electron chi connectivity index (χ4n) is 3.05. The van der Waals surface area contributed by atoms with Gasteiger partial charge in [-0.3, -0.25) is 50.6 Å². The minimum Gasteiger partial charge on any atom is -0.258 e. The lowest BCUT2D eigenvalue weighted by Gasteiger charge is -2.13. The minimum atomic E-state index is -2.23. The van der Waals surface area contributed by atoms with Crippen molar-refractivity contribution in [3.05, 3.63) is 90.9 Å². The van der Waals surface area contributed by atoms with Crippen LogP contribution in [-0.4, -0.2) is 34.5 Å². The maximum Gasteiger partial charge on any atom is 0.340 e. The van der Waals surface area contributed by atoms with Gasteiger partial charge in [-0.05, 0) is 0 Å². The first-order valence-electron chi connectivity index (χ1n) is 8.13. The summed E-state index contributed by atoms with van der Waals surface area (Å²) in [7, 11) is 0. The summed E-state index contributed by atoms with van der Waals surface area (Å²) < 4.78 is -0.275. The molecule has 2 aromatic rings. The average Bonchev–Trinajstić information content (AvgIpc) is 2.74. The van der Waals surface area contributed by atoms with Crippen LogP contribution in [-0.2, 0) is 0 Å². The number of nitrogens with zero attached hydrogens (tertiary/aromatic N) is 7. The molecule has 1 atom stereocenters. The number of halogens is 1. The SMILES string of the molecule is O=[N+]([O-])c1cc([N+](=O)[O-])c(C2N=C(Cl)c3c([N+](=O)[O-])cc([N+](=O)[O-])cc3[N+]2=O)c([N+](=O)[O-])c1. The molecular weight excluding hydrogens is 478 g/mol. The molecule has 0 aromatic heterocycles. The lowest BCUT2D eigenvalue weighted by molar-refractivity contribution is -0.517. The molecule has 0 N–H and O–H groups in total. The third-order valence-corrected chi connectivity index (χ3v) is 4.66. The molecule has 19 heteroatoms. The van der Waals surface area contributed by atoms with Crippen LogP contribution in [0.5, 0.6) is 0 Å². The standard InChI is InChI=1S/C14H5ClN7O11/c15-13-11-7(1-5(18(24)25)2-8(11)20(28)29)17(23)14(16-13)12-9(21(30)31)3-6(19(26)27)4-10(12)22(32)33/h1-4,14H/q+1. The van der Waals surface area contributed by atoms with Crippen LogP contribution in [0.3, 0.4) is 0 Å². The van der Waals surface area contributed by atoms with Crippen molar-refractivity contribution in [2.75, 3.05) is 0 Å². The topological polar surface area (TPSA) is 248 Å². The zero-order chi connectivity index (χ0) is 24.8. The first-order chi connectivity index (χ1) is 15.3. The summed E-state index contributed by atoms with van der Waals surface area (Å²) >= 11 is 5.95. The van der Waals surface area contributed by atoms with E-state index < -0.39 is 81.2 Å². The molecule has 33 heavy (non-hydrogen) atoms. The number of hydrogen-bond donors (Lipinski definition) is 0. The van der Waals surface area contributed by atoms with Crippen molar-refractivity contribution in [2.24, 2.45) is 4.99 Å². The van der Waals surface area contributed by atoms with Crippen LogP contribution < -0.4 is 0 Å². The Morgan fingerprint density at radius 2 is 1.15 bits per heavy atom. The molecule has 1 aliphatic rings. The number of aliphatic imine (C=N–C) groups is 1. The lowest BCUT2D eigenvalue weighted by atomic mass is 10.0. The predicted molar refractivity (Wildman–Crippen MR) is 105 cm³/mol. The van der Waals surface area contributed by atoms with Gasteiger partial charge in [0.2, 0.25) is 5.56 Å². The predicted octanol–water partition coefficient (Wildman–Crippen LogP) is 3.34. The number of fused-ring (bicyclic) bond motifs is 1. The van der Waals surface area contributed by atoms with Crippen LogP contribution >= 0.6 is 11.6 Å². The van der Waals surface area contributed by atoms with Crippen LogP contribution in [0.25, 0.3) is 0 Å². The first kappa shape index (κ1) is 22.7. The summed E-state index contributed by atoms with van der Waals surface area (Å²) in [5.41, 5.74) is -7.92. The van der Waals surface area contributed by atoms with Gasteiger partial charge in [0.1, 0.15) is 0 Å². The number of nitro benzene ring substituents is 5. The highest BCUT2D eigenvalue weighted by Gasteiger charge is 2.49. The van der Waals surface area contributed by atoms with Gasteiger partial charge in [-0.1, -0.05) is 11.6 Å². The van der Waals surface area contributed by atoms with Gasteiger partial charge in [-0.25, -0.2) is 0 Å². The maximum atomic E-state index is 13.0. The molecule has 0 fully saturated rings. The van der Waals surface area contributed by atoms with Gasteiger partial charge in [0, 0.05) is 4.91 Å². The van der Waals surface area contributed by atoms with E-state index in [1.165, 1.54) is 0 Å². The number of nitro groups is 5. The van der Waals surface area contributed by atoms with Gasteiger partial charge >= 0.3 is 6.17 Å². The molecule has 1 aliphatic heterocycles. The van der Waals surface area contributed by atoms with Crippen LogP contribution in [0.1, 0.15) is 17.3 Å². The zero-order valence-electron chi connectivity index (χ0n) is 15.4. The second kappa shape index (κ2) is 7.92. The quantitative estimate of drug-likeness (QED) is 0.327. The summed E-state index contributed by atoms with van der Waals surface area (Å²) in [6, 6.07) is 1.78. The fraction of sp³-hybridized carbons (Fsp3) is 0.0714. The van der Waals surface area contributed by atoms with E-state index in [-0.39, 0.29) is 4.76 Å². The molecule has 1 unspecified atom stereocenters. The number of hydrogen-bond acceptors (Lipinski definition) is 12. The molecule has 0 saturated heterocycles. The summed E-state index contributed by atoms with van der Waals surface area (Å²) in [6.45, 7) is 0. The zero-order valence-corrected chi connectivity index (χ0v) is 16.1. The van der Waals surface area contributed by atoms with E-state index in [2.05, 4.69) is 4.99 Å². The first-order valence-corrected chi connectivity index (χ1v) is 8.50. The van der Waals surface area contributed by atoms with Crippen molar-refractivity contribution < 1.29 is 29.4 Å². The fourth-order valence-corrected chi connectivity index (χ4v) is 3.34. The molecule has 2 aromatic carbocycles. The molecule has 0 radical (unpaired) electrons.